The third-order valence-corrected chi connectivity index (χ3v) is 2.66. The Morgan fingerprint density at radius 2 is 2.27 bits per heavy atom. The van der Waals surface area contributed by atoms with Crippen molar-refractivity contribution in [1.29, 1.82) is 0 Å². The van der Waals surface area contributed by atoms with E-state index in [2.05, 4.69) is 13.5 Å². The van der Waals surface area contributed by atoms with Crippen molar-refractivity contribution < 1.29 is 4.39 Å². The lowest BCUT2D eigenvalue weighted by Crippen LogP contribution is -1.98. The van der Waals surface area contributed by atoms with Gasteiger partial charge in [-0.25, -0.2) is 4.39 Å². The first kappa shape index (κ1) is 12.0. The Hall–Kier alpha value is -1.11. The number of allylic oxidation sites excluding steroid dienone is 7. The molecule has 0 N–H and O–H groups in total. The zero-order valence-electron chi connectivity index (χ0n) is 9.65. The minimum Gasteiger partial charge on any atom is -0.207 e. The van der Waals surface area contributed by atoms with Crippen LogP contribution >= 0.6 is 0 Å². The molecular weight excluding hydrogens is 187 g/mol. The minimum absolute atomic E-state index is 0.0553. The summed E-state index contributed by atoms with van der Waals surface area (Å²) in [6, 6.07) is 0. The van der Waals surface area contributed by atoms with Crippen molar-refractivity contribution in [2.24, 2.45) is 0 Å². The summed E-state index contributed by atoms with van der Waals surface area (Å²) in [5, 5.41) is 0. The van der Waals surface area contributed by atoms with Crippen molar-refractivity contribution >= 4 is 0 Å². The standard InChI is InChI=1S/C14H19F/c1-4-6-12(7-5-2)13-9-8-11(3)10-14(13)15/h4,6,10H,1,5,7-9H2,2-3H3/b12-6+. The van der Waals surface area contributed by atoms with Crippen LogP contribution in [-0.2, 0) is 0 Å². The maximum atomic E-state index is 13.7. The van der Waals surface area contributed by atoms with Crippen molar-refractivity contribution in [1.82, 2.24) is 0 Å². The molecule has 0 aliphatic heterocycles. The monoisotopic (exact) mass is 206 g/mol. The first-order valence-corrected chi connectivity index (χ1v) is 5.56. The molecule has 0 radical (unpaired) electrons. The normalized spacial score (nSPS) is 17.8. The van der Waals surface area contributed by atoms with Crippen molar-refractivity contribution in [2.75, 3.05) is 0 Å². The van der Waals surface area contributed by atoms with E-state index in [1.807, 2.05) is 13.0 Å². The van der Waals surface area contributed by atoms with E-state index in [0.717, 1.165) is 42.4 Å². The van der Waals surface area contributed by atoms with Crippen LogP contribution in [0.5, 0.6) is 0 Å². The highest BCUT2D eigenvalue weighted by molar-refractivity contribution is 5.42. The van der Waals surface area contributed by atoms with E-state index in [4.69, 9.17) is 0 Å². The molecule has 82 valence electrons. The van der Waals surface area contributed by atoms with Crippen LogP contribution in [0.4, 0.5) is 4.39 Å². The molecule has 1 rings (SSSR count). The second kappa shape index (κ2) is 5.69. The smallest absolute Gasteiger partial charge is 0.126 e. The van der Waals surface area contributed by atoms with Gasteiger partial charge >= 0.3 is 0 Å². The Morgan fingerprint density at radius 1 is 1.53 bits per heavy atom. The maximum Gasteiger partial charge on any atom is 0.126 e. The molecule has 0 aromatic carbocycles. The molecule has 0 saturated carbocycles. The molecule has 1 aliphatic rings. The molecule has 0 aromatic heterocycles. The quantitative estimate of drug-likeness (QED) is 0.576. The van der Waals surface area contributed by atoms with E-state index in [1.54, 1.807) is 12.2 Å². The van der Waals surface area contributed by atoms with Gasteiger partial charge in [0.25, 0.3) is 0 Å². The summed E-state index contributed by atoms with van der Waals surface area (Å²) >= 11 is 0. The van der Waals surface area contributed by atoms with E-state index < -0.39 is 0 Å². The number of hydrogen-bond acceptors (Lipinski definition) is 0. The summed E-state index contributed by atoms with van der Waals surface area (Å²) in [6.45, 7) is 7.77. The largest absolute Gasteiger partial charge is 0.207 e. The molecule has 0 unspecified atom stereocenters. The van der Waals surface area contributed by atoms with Gasteiger partial charge in [0.15, 0.2) is 0 Å². The maximum absolute atomic E-state index is 13.7. The summed E-state index contributed by atoms with van der Waals surface area (Å²) in [7, 11) is 0. The first-order chi connectivity index (χ1) is 7.19. The van der Waals surface area contributed by atoms with Gasteiger partial charge in [-0.05, 0) is 43.4 Å². The summed E-state index contributed by atoms with van der Waals surface area (Å²) in [4.78, 5) is 0. The van der Waals surface area contributed by atoms with Crippen LogP contribution in [0.1, 0.15) is 39.5 Å². The first-order valence-electron chi connectivity index (χ1n) is 5.56. The Kier molecular flexibility index (Phi) is 4.54. The van der Waals surface area contributed by atoms with Crippen LogP contribution in [-0.4, -0.2) is 0 Å². The van der Waals surface area contributed by atoms with E-state index in [9.17, 15) is 4.39 Å². The molecule has 1 heteroatoms. The van der Waals surface area contributed by atoms with Gasteiger partial charge in [-0.15, -0.1) is 0 Å². The van der Waals surface area contributed by atoms with Gasteiger partial charge in [-0.2, -0.15) is 0 Å². The Morgan fingerprint density at radius 3 is 2.80 bits per heavy atom. The van der Waals surface area contributed by atoms with Gasteiger partial charge in [-0.3, -0.25) is 0 Å². The molecule has 0 bridgehead atoms. The highest BCUT2D eigenvalue weighted by Gasteiger charge is 2.14. The summed E-state index contributed by atoms with van der Waals surface area (Å²) in [6.07, 6.45) is 9.12. The third-order valence-electron chi connectivity index (χ3n) is 2.66. The second-order valence-corrected chi connectivity index (χ2v) is 3.99. The lowest BCUT2D eigenvalue weighted by molar-refractivity contribution is 0.630. The summed E-state index contributed by atoms with van der Waals surface area (Å²) in [5.74, 6) is -0.0553. The van der Waals surface area contributed by atoms with Gasteiger partial charge in [0.1, 0.15) is 5.83 Å². The second-order valence-electron chi connectivity index (χ2n) is 3.99. The van der Waals surface area contributed by atoms with Crippen molar-refractivity contribution in [3.63, 3.8) is 0 Å². The molecular formula is C14H19F. The zero-order chi connectivity index (χ0) is 11.3. The lowest BCUT2D eigenvalue weighted by Gasteiger charge is -2.16. The zero-order valence-corrected chi connectivity index (χ0v) is 9.65. The average molecular weight is 206 g/mol. The van der Waals surface area contributed by atoms with Crippen molar-refractivity contribution in [3.8, 4) is 0 Å². The van der Waals surface area contributed by atoms with Crippen molar-refractivity contribution in [2.45, 2.75) is 39.5 Å². The molecule has 15 heavy (non-hydrogen) atoms. The van der Waals surface area contributed by atoms with Crippen LogP contribution < -0.4 is 0 Å². The average Bonchev–Trinajstić information content (AvgIpc) is 2.17. The van der Waals surface area contributed by atoms with Crippen molar-refractivity contribution in [3.05, 3.63) is 47.4 Å². The van der Waals surface area contributed by atoms with Gasteiger partial charge in [0.2, 0.25) is 0 Å². The topological polar surface area (TPSA) is 0 Å². The molecule has 0 saturated heterocycles. The summed E-state index contributed by atoms with van der Waals surface area (Å²) < 4.78 is 13.7. The molecule has 0 fully saturated rings. The van der Waals surface area contributed by atoms with Crippen LogP contribution in [0.25, 0.3) is 0 Å². The van der Waals surface area contributed by atoms with E-state index in [-0.39, 0.29) is 5.83 Å². The van der Waals surface area contributed by atoms with Gasteiger partial charge in [-0.1, -0.05) is 37.6 Å². The Labute approximate surface area is 91.9 Å². The Balaban J connectivity index is 2.98. The van der Waals surface area contributed by atoms with Gasteiger partial charge in [0.05, 0.1) is 0 Å². The van der Waals surface area contributed by atoms with Crippen LogP contribution in [0.3, 0.4) is 0 Å². The van der Waals surface area contributed by atoms with Crippen LogP contribution in [0.2, 0.25) is 0 Å². The van der Waals surface area contributed by atoms with Crippen LogP contribution in [0.15, 0.2) is 47.4 Å². The number of hydrogen-bond donors (Lipinski definition) is 0. The predicted molar refractivity (Wildman–Crippen MR) is 64.3 cm³/mol. The molecule has 0 amide bonds. The van der Waals surface area contributed by atoms with E-state index in [1.165, 1.54) is 0 Å². The predicted octanol–water partition coefficient (Wildman–Crippen LogP) is 4.86. The number of halogens is 1. The summed E-state index contributed by atoms with van der Waals surface area (Å²) in [5.41, 5.74) is 3.11. The fourth-order valence-electron chi connectivity index (χ4n) is 1.88. The van der Waals surface area contributed by atoms with E-state index >= 15 is 0 Å². The van der Waals surface area contributed by atoms with Gasteiger partial charge < -0.3 is 0 Å². The molecule has 0 heterocycles. The fraction of sp³-hybridized carbons (Fsp3) is 0.429. The minimum atomic E-state index is -0.0553. The molecule has 0 aromatic rings. The highest BCUT2D eigenvalue weighted by Crippen LogP contribution is 2.31. The third kappa shape index (κ3) is 3.19. The van der Waals surface area contributed by atoms with Crippen LogP contribution in [0, 0.1) is 0 Å². The molecule has 0 nitrogen and oxygen atoms in total. The highest BCUT2D eigenvalue weighted by atomic mass is 19.1. The number of rotatable bonds is 4. The SMILES string of the molecule is C=C/C=C(\CCC)C1=C(F)C=C(C)CC1. The molecule has 0 spiro atoms. The molecule has 1 aliphatic carbocycles. The van der Waals surface area contributed by atoms with E-state index in [0.29, 0.717) is 0 Å². The molecule has 0 atom stereocenters. The lowest BCUT2D eigenvalue weighted by atomic mass is 9.90. The van der Waals surface area contributed by atoms with Gasteiger partial charge in [0, 0.05) is 0 Å². The fourth-order valence-corrected chi connectivity index (χ4v) is 1.88. The Bertz CT molecular complexity index is 329.